The van der Waals surface area contributed by atoms with E-state index in [-0.39, 0.29) is 58.9 Å². The van der Waals surface area contributed by atoms with Crippen LogP contribution in [0.15, 0.2) is 30.4 Å². The van der Waals surface area contributed by atoms with Crippen molar-refractivity contribution in [2.24, 2.45) is 23.7 Å². The number of carbonyl (C=O) groups is 2. The fourth-order valence-corrected chi connectivity index (χ4v) is 5.23. The van der Waals surface area contributed by atoms with Crippen LogP contribution in [0.3, 0.4) is 0 Å². The molecule has 4 atom stereocenters. The number of hydrogen-bond acceptors (Lipinski definition) is 4. The number of amides is 2. The first kappa shape index (κ1) is 19.1. The van der Waals surface area contributed by atoms with Crippen LogP contribution >= 0.6 is 0 Å². The number of aromatic nitrogens is 1. The number of nitrogens with zero attached hydrogens (tertiary/aromatic N) is 2. The predicted octanol–water partition coefficient (Wildman–Crippen LogP) is 4.27. The zero-order chi connectivity index (χ0) is 21.4. The smallest absolute Gasteiger partial charge is 0.417 e. The molecule has 0 radical (unpaired) electrons. The molecule has 2 bridgehead atoms. The number of hydrogen-bond donors (Lipinski definition) is 0. The number of aryl methyl sites for hydroxylation is 1. The summed E-state index contributed by atoms with van der Waals surface area (Å²) in [6.45, 7) is 3.41. The van der Waals surface area contributed by atoms with Gasteiger partial charge in [-0.05, 0) is 43.7 Å². The monoisotopic (exact) mass is 416 g/mol. The molecule has 2 fully saturated rings. The summed E-state index contributed by atoms with van der Waals surface area (Å²) in [5.41, 5.74) is -0.143. The Labute approximate surface area is 170 Å². The number of anilines is 1. The minimum Gasteiger partial charge on any atom is -0.478 e. The van der Waals surface area contributed by atoms with Crippen molar-refractivity contribution in [3.8, 4) is 5.88 Å². The minimum atomic E-state index is -4.60. The molecule has 1 saturated carbocycles. The molecule has 0 spiro atoms. The van der Waals surface area contributed by atoms with E-state index in [1.54, 1.807) is 13.8 Å². The van der Waals surface area contributed by atoms with Crippen LogP contribution in [-0.4, -0.2) is 23.4 Å². The maximum Gasteiger partial charge on any atom is 0.417 e. The molecular formula is C22H19F3N2O3. The zero-order valence-electron chi connectivity index (χ0n) is 16.4. The van der Waals surface area contributed by atoms with Gasteiger partial charge < -0.3 is 4.74 Å². The van der Waals surface area contributed by atoms with E-state index in [2.05, 4.69) is 4.98 Å². The van der Waals surface area contributed by atoms with Crippen molar-refractivity contribution in [2.75, 3.05) is 11.5 Å². The second kappa shape index (κ2) is 6.30. The van der Waals surface area contributed by atoms with Gasteiger partial charge in [0, 0.05) is 11.5 Å². The lowest BCUT2D eigenvalue weighted by Crippen LogP contribution is -2.33. The Balaban J connectivity index is 1.66. The molecule has 1 saturated heterocycles. The average Bonchev–Trinajstić information content (AvgIpc) is 3.36. The quantitative estimate of drug-likeness (QED) is 0.554. The number of allylic oxidation sites excluding steroid dienone is 2. The molecule has 1 aromatic heterocycles. The normalized spacial score (nSPS) is 27.4. The van der Waals surface area contributed by atoms with E-state index < -0.39 is 11.7 Å². The highest BCUT2D eigenvalue weighted by atomic mass is 19.4. The van der Waals surface area contributed by atoms with Crippen molar-refractivity contribution >= 4 is 28.4 Å². The van der Waals surface area contributed by atoms with Crippen molar-refractivity contribution in [2.45, 2.75) is 26.4 Å². The van der Waals surface area contributed by atoms with E-state index in [9.17, 15) is 22.8 Å². The molecule has 3 aliphatic rings. The van der Waals surface area contributed by atoms with Crippen LogP contribution in [0, 0.1) is 30.6 Å². The van der Waals surface area contributed by atoms with Crippen LogP contribution in [0.1, 0.15) is 24.5 Å². The van der Waals surface area contributed by atoms with Gasteiger partial charge in [-0.2, -0.15) is 13.2 Å². The Kier molecular flexibility index (Phi) is 4.01. The molecule has 30 heavy (non-hydrogen) atoms. The number of ether oxygens (including phenoxy) is 1. The molecule has 1 aliphatic heterocycles. The lowest BCUT2D eigenvalue weighted by atomic mass is 9.85. The van der Waals surface area contributed by atoms with Gasteiger partial charge >= 0.3 is 6.18 Å². The summed E-state index contributed by atoms with van der Waals surface area (Å²) in [5.74, 6) is -1.34. The number of carbonyl (C=O) groups excluding carboxylic acids is 2. The standard InChI is InChI=1S/C22H19F3N2O3/c1-3-30-16-9-14(22(23,24)25)13-6-7-15(10(2)19(13)26-16)27-20(28)17-11-4-5-12(8-11)18(17)21(27)29/h4-7,9,11-12,17-18H,3,8H2,1-2H3/t11-,12+,17-,18+. The van der Waals surface area contributed by atoms with Gasteiger partial charge in [0.25, 0.3) is 0 Å². The molecule has 1 aromatic carbocycles. The highest BCUT2D eigenvalue weighted by molar-refractivity contribution is 6.23. The van der Waals surface area contributed by atoms with Gasteiger partial charge in [0.15, 0.2) is 0 Å². The molecule has 2 amide bonds. The van der Waals surface area contributed by atoms with E-state index in [1.807, 2.05) is 12.2 Å². The lowest BCUT2D eigenvalue weighted by molar-refractivity contribution is -0.136. The summed E-state index contributed by atoms with van der Waals surface area (Å²) < 4.78 is 46.1. The fraction of sp³-hybridized carbons (Fsp3) is 0.409. The summed E-state index contributed by atoms with van der Waals surface area (Å²) >= 11 is 0. The molecule has 0 unspecified atom stereocenters. The maximum atomic E-state index is 13.6. The van der Waals surface area contributed by atoms with Crippen molar-refractivity contribution in [3.63, 3.8) is 0 Å². The number of halogens is 3. The molecular weight excluding hydrogens is 397 g/mol. The van der Waals surface area contributed by atoms with E-state index >= 15 is 0 Å². The van der Waals surface area contributed by atoms with E-state index in [4.69, 9.17) is 4.74 Å². The number of pyridine rings is 1. The Morgan fingerprint density at radius 2 is 1.77 bits per heavy atom. The highest BCUT2D eigenvalue weighted by Gasteiger charge is 2.59. The topological polar surface area (TPSA) is 59.5 Å². The Bertz CT molecular complexity index is 1090. The number of rotatable bonds is 3. The maximum absolute atomic E-state index is 13.6. The second-order valence-electron chi connectivity index (χ2n) is 8.06. The summed E-state index contributed by atoms with van der Waals surface area (Å²) in [7, 11) is 0. The molecule has 2 aromatic rings. The summed E-state index contributed by atoms with van der Waals surface area (Å²) in [6.07, 6.45) is 0.215. The molecule has 8 heteroatoms. The van der Waals surface area contributed by atoms with E-state index in [0.29, 0.717) is 11.3 Å². The molecule has 5 rings (SSSR count). The van der Waals surface area contributed by atoms with Crippen LogP contribution in [0.4, 0.5) is 18.9 Å². The van der Waals surface area contributed by atoms with Crippen LogP contribution in [0.5, 0.6) is 5.88 Å². The minimum absolute atomic E-state index is 0.0572. The Hall–Kier alpha value is -2.90. The van der Waals surface area contributed by atoms with Gasteiger partial charge in [-0.25, -0.2) is 9.88 Å². The predicted molar refractivity (Wildman–Crippen MR) is 103 cm³/mol. The van der Waals surface area contributed by atoms with E-state index in [1.165, 1.54) is 12.1 Å². The number of imide groups is 1. The summed E-state index contributed by atoms with van der Waals surface area (Å²) in [5, 5.41) is -0.0896. The Morgan fingerprint density at radius 1 is 1.13 bits per heavy atom. The van der Waals surface area contributed by atoms with Crippen molar-refractivity contribution < 1.29 is 27.5 Å². The van der Waals surface area contributed by atoms with Crippen molar-refractivity contribution in [3.05, 3.63) is 41.5 Å². The third kappa shape index (κ3) is 2.52. The zero-order valence-corrected chi connectivity index (χ0v) is 16.4. The molecule has 2 aliphatic carbocycles. The first-order valence-electron chi connectivity index (χ1n) is 9.93. The highest BCUT2D eigenvalue weighted by Crippen LogP contribution is 2.53. The van der Waals surface area contributed by atoms with Crippen LogP contribution < -0.4 is 9.64 Å². The van der Waals surface area contributed by atoms with E-state index in [0.717, 1.165) is 17.4 Å². The van der Waals surface area contributed by atoms with Gasteiger partial charge in [-0.1, -0.05) is 18.2 Å². The number of alkyl halides is 3. The third-order valence-electron chi connectivity index (χ3n) is 6.49. The third-order valence-corrected chi connectivity index (χ3v) is 6.49. The Morgan fingerprint density at radius 3 is 2.33 bits per heavy atom. The largest absolute Gasteiger partial charge is 0.478 e. The molecule has 5 nitrogen and oxygen atoms in total. The number of fused-ring (bicyclic) bond motifs is 6. The molecule has 0 N–H and O–H groups in total. The lowest BCUT2D eigenvalue weighted by Gasteiger charge is -2.21. The summed E-state index contributed by atoms with van der Waals surface area (Å²) in [4.78, 5) is 31.6. The van der Waals surface area contributed by atoms with Gasteiger partial charge in [0.2, 0.25) is 17.7 Å². The first-order chi connectivity index (χ1) is 14.2. The summed E-state index contributed by atoms with van der Waals surface area (Å²) in [6, 6.07) is 3.58. The second-order valence-corrected chi connectivity index (χ2v) is 8.06. The van der Waals surface area contributed by atoms with Crippen LogP contribution in [-0.2, 0) is 15.8 Å². The molecule has 2 heterocycles. The average molecular weight is 416 g/mol. The van der Waals surface area contributed by atoms with Crippen molar-refractivity contribution in [1.82, 2.24) is 4.98 Å². The first-order valence-corrected chi connectivity index (χ1v) is 9.93. The van der Waals surface area contributed by atoms with Gasteiger partial charge in [0.1, 0.15) is 0 Å². The van der Waals surface area contributed by atoms with Crippen LogP contribution in [0.2, 0.25) is 0 Å². The van der Waals surface area contributed by atoms with Gasteiger partial charge in [-0.3, -0.25) is 9.59 Å². The van der Waals surface area contributed by atoms with Gasteiger partial charge in [-0.15, -0.1) is 0 Å². The van der Waals surface area contributed by atoms with Crippen LogP contribution in [0.25, 0.3) is 10.9 Å². The molecule has 156 valence electrons. The number of benzene rings is 1. The van der Waals surface area contributed by atoms with Crippen molar-refractivity contribution in [1.29, 1.82) is 0 Å². The van der Waals surface area contributed by atoms with Gasteiger partial charge in [0.05, 0.1) is 35.2 Å². The SMILES string of the molecule is CCOc1cc(C(F)(F)F)c2ccc(N3C(=O)[C@@H]4[C@H](C3=O)[C@@H]3C=C[C@H]4C3)c(C)c2n1. The fourth-order valence-electron chi connectivity index (χ4n) is 5.23.